The number of aryl methyl sites for hydroxylation is 1. The van der Waals surface area contributed by atoms with Crippen LogP contribution in [0.3, 0.4) is 0 Å². The number of para-hydroxylation sites is 2. The van der Waals surface area contributed by atoms with E-state index in [0.717, 1.165) is 11.3 Å². The van der Waals surface area contributed by atoms with E-state index < -0.39 is 6.03 Å². The molecule has 0 fully saturated rings. The van der Waals surface area contributed by atoms with Crippen molar-refractivity contribution in [3.8, 4) is 11.5 Å². The molecule has 0 heterocycles. The highest BCUT2D eigenvalue weighted by atomic mass is 16.5. The lowest BCUT2D eigenvalue weighted by atomic mass is 10.2. The van der Waals surface area contributed by atoms with Gasteiger partial charge in [0.1, 0.15) is 24.7 Å². The van der Waals surface area contributed by atoms with Gasteiger partial charge in [-0.05, 0) is 43.3 Å². The van der Waals surface area contributed by atoms with E-state index in [-0.39, 0.29) is 0 Å². The Labute approximate surface area is 170 Å². The number of ether oxygens (including phenoxy) is 2. The van der Waals surface area contributed by atoms with E-state index in [1.54, 1.807) is 18.3 Å². The molecule has 3 aromatic carbocycles. The van der Waals surface area contributed by atoms with Crippen molar-refractivity contribution in [1.29, 1.82) is 0 Å². The minimum absolute atomic E-state index is 0.390. The minimum Gasteiger partial charge on any atom is -0.490 e. The predicted octanol–water partition coefficient (Wildman–Crippen LogP) is 4.61. The first kappa shape index (κ1) is 19.9. The average Bonchev–Trinajstić information content (AvgIpc) is 2.74. The molecule has 0 atom stereocenters. The number of urea groups is 1. The SMILES string of the molecule is Cc1ccc(OCCOc2ccccc2C=NNC(=O)Nc2ccccc2)cc1. The number of benzene rings is 3. The van der Waals surface area contributed by atoms with Gasteiger partial charge in [-0.2, -0.15) is 5.10 Å². The number of carbonyl (C=O) groups is 1. The molecule has 0 aromatic heterocycles. The molecule has 0 aliphatic carbocycles. The van der Waals surface area contributed by atoms with Gasteiger partial charge in [0.2, 0.25) is 0 Å². The minimum atomic E-state index is -0.419. The molecule has 6 nitrogen and oxygen atoms in total. The summed E-state index contributed by atoms with van der Waals surface area (Å²) in [5, 5.41) is 6.68. The van der Waals surface area contributed by atoms with Gasteiger partial charge in [0.25, 0.3) is 0 Å². The molecule has 0 bridgehead atoms. The van der Waals surface area contributed by atoms with Crippen molar-refractivity contribution in [1.82, 2.24) is 5.43 Å². The molecule has 148 valence electrons. The summed E-state index contributed by atoms with van der Waals surface area (Å²) in [6.07, 6.45) is 1.54. The molecule has 0 unspecified atom stereocenters. The zero-order valence-electron chi connectivity index (χ0n) is 16.2. The van der Waals surface area contributed by atoms with Crippen LogP contribution in [0.1, 0.15) is 11.1 Å². The van der Waals surface area contributed by atoms with Crippen molar-refractivity contribution >= 4 is 17.9 Å². The van der Waals surface area contributed by atoms with Gasteiger partial charge in [-0.15, -0.1) is 0 Å². The van der Waals surface area contributed by atoms with E-state index in [4.69, 9.17) is 9.47 Å². The summed E-state index contributed by atoms with van der Waals surface area (Å²) in [4.78, 5) is 11.9. The van der Waals surface area contributed by atoms with Crippen molar-refractivity contribution in [2.75, 3.05) is 18.5 Å². The first-order chi connectivity index (χ1) is 14.2. The van der Waals surface area contributed by atoms with E-state index in [1.807, 2.05) is 73.7 Å². The van der Waals surface area contributed by atoms with Crippen molar-refractivity contribution in [2.24, 2.45) is 5.10 Å². The first-order valence-electron chi connectivity index (χ1n) is 9.27. The number of anilines is 1. The number of amides is 2. The van der Waals surface area contributed by atoms with Gasteiger partial charge >= 0.3 is 6.03 Å². The normalized spacial score (nSPS) is 10.5. The molecule has 0 saturated carbocycles. The Bertz CT molecular complexity index is 941. The van der Waals surface area contributed by atoms with Gasteiger partial charge in [0.15, 0.2) is 0 Å². The number of hydrazone groups is 1. The standard InChI is InChI=1S/C23H23N3O3/c1-18-11-13-21(14-12-18)28-15-16-29-22-10-6-5-7-19(22)17-24-26-23(27)25-20-8-3-2-4-9-20/h2-14,17H,15-16H2,1H3,(H2,25,26,27). The molecule has 2 N–H and O–H groups in total. The molecular weight excluding hydrogens is 366 g/mol. The summed E-state index contributed by atoms with van der Waals surface area (Å²) < 4.78 is 11.5. The Morgan fingerprint density at radius 3 is 2.38 bits per heavy atom. The van der Waals surface area contributed by atoms with Crippen molar-refractivity contribution < 1.29 is 14.3 Å². The lowest BCUT2D eigenvalue weighted by Crippen LogP contribution is -2.24. The lowest BCUT2D eigenvalue weighted by molar-refractivity contribution is 0.217. The summed E-state index contributed by atoms with van der Waals surface area (Å²) in [7, 11) is 0. The van der Waals surface area contributed by atoms with E-state index in [1.165, 1.54) is 5.56 Å². The van der Waals surface area contributed by atoms with Crippen LogP contribution in [0.4, 0.5) is 10.5 Å². The highest BCUT2D eigenvalue weighted by Gasteiger charge is 2.02. The van der Waals surface area contributed by atoms with Gasteiger partial charge in [-0.3, -0.25) is 0 Å². The molecule has 2 amide bonds. The van der Waals surface area contributed by atoms with Gasteiger partial charge in [0.05, 0.1) is 6.21 Å². The van der Waals surface area contributed by atoms with Crippen LogP contribution in [0.5, 0.6) is 11.5 Å². The van der Waals surface area contributed by atoms with E-state index in [9.17, 15) is 4.79 Å². The Morgan fingerprint density at radius 2 is 1.59 bits per heavy atom. The summed E-state index contributed by atoms with van der Waals surface area (Å²) in [5.74, 6) is 1.47. The number of carbonyl (C=O) groups excluding carboxylic acids is 1. The van der Waals surface area contributed by atoms with Crippen LogP contribution in [0.15, 0.2) is 84.0 Å². The maximum absolute atomic E-state index is 11.9. The van der Waals surface area contributed by atoms with Crippen LogP contribution in [0.25, 0.3) is 0 Å². The van der Waals surface area contributed by atoms with E-state index in [2.05, 4.69) is 15.8 Å². The van der Waals surface area contributed by atoms with Crippen molar-refractivity contribution in [3.63, 3.8) is 0 Å². The van der Waals surface area contributed by atoms with Crippen LogP contribution in [-0.2, 0) is 0 Å². The zero-order chi connectivity index (χ0) is 20.3. The number of hydrogen-bond acceptors (Lipinski definition) is 4. The molecule has 0 spiro atoms. The van der Waals surface area contributed by atoms with Crippen LogP contribution < -0.4 is 20.2 Å². The zero-order valence-corrected chi connectivity index (χ0v) is 16.2. The summed E-state index contributed by atoms with van der Waals surface area (Å²) in [6.45, 7) is 2.85. The Balaban J connectivity index is 1.47. The number of hydrogen-bond donors (Lipinski definition) is 2. The van der Waals surface area contributed by atoms with Crippen molar-refractivity contribution in [3.05, 3.63) is 90.0 Å². The van der Waals surface area contributed by atoms with Crippen LogP contribution in [0, 0.1) is 6.92 Å². The van der Waals surface area contributed by atoms with Crippen LogP contribution in [-0.4, -0.2) is 25.5 Å². The number of rotatable bonds is 8. The summed E-state index contributed by atoms with van der Waals surface area (Å²) >= 11 is 0. The fourth-order valence-corrected chi connectivity index (χ4v) is 2.51. The molecule has 6 heteroatoms. The molecule has 3 rings (SSSR count). The average molecular weight is 389 g/mol. The van der Waals surface area contributed by atoms with Crippen LogP contribution >= 0.6 is 0 Å². The largest absolute Gasteiger partial charge is 0.490 e. The van der Waals surface area contributed by atoms with Crippen molar-refractivity contribution in [2.45, 2.75) is 6.92 Å². The smallest absolute Gasteiger partial charge is 0.339 e. The highest BCUT2D eigenvalue weighted by molar-refractivity contribution is 5.90. The number of nitrogens with one attached hydrogen (secondary N) is 2. The second-order valence-corrected chi connectivity index (χ2v) is 6.24. The number of nitrogens with zero attached hydrogens (tertiary/aromatic N) is 1. The third kappa shape index (κ3) is 6.70. The molecular formula is C23H23N3O3. The second-order valence-electron chi connectivity index (χ2n) is 6.24. The Morgan fingerprint density at radius 1 is 0.897 bits per heavy atom. The molecule has 0 aliphatic heterocycles. The molecule has 3 aromatic rings. The molecule has 0 saturated heterocycles. The summed E-state index contributed by atoms with van der Waals surface area (Å²) in [6, 6.07) is 24.1. The third-order valence-electron chi connectivity index (χ3n) is 3.95. The highest BCUT2D eigenvalue weighted by Crippen LogP contribution is 2.16. The van der Waals surface area contributed by atoms with Crippen LogP contribution in [0.2, 0.25) is 0 Å². The van der Waals surface area contributed by atoms with Gasteiger partial charge < -0.3 is 14.8 Å². The maximum Gasteiger partial charge on any atom is 0.339 e. The topological polar surface area (TPSA) is 72.0 Å². The third-order valence-corrected chi connectivity index (χ3v) is 3.95. The maximum atomic E-state index is 11.9. The predicted molar refractivity (Wildman–Crippen MR) is 115 cm³/mol. The fourth-order valence-electron chi connectivity index (χ4n) is 2.51. The molecule has 0 radical (unpaired) electrons. The van der Waals surface area contributed by atoms with Gasteiger partial charge in [-0.1, -0.05) is 48.0 Å². The van der Waals surface area contributed by atoms with Gasteiger partial charge in [-0.25, -0.2) is 10.2 Å². The monoisotopic (exact) mass is 389 g/mol. The molecule has 29 heavy (non-hydrogen) atoms. The Hall–Kier alpha value is -3.80. The van der Waals surface area contributed by atoms with E-state index in [0.29, 0.717) is 24.7 Å². The Kier molecular flexibility index (Phi) is 7.23. The quantitative estimate of drug-likeness (QED) is 0.336. The second kappa shape index (κ2) is 10.5. The van der Waals surface area contributed by atoms with E-state index >= 15 is 0 Å². The fraction of sp³-hybridized carbons (Fsp3) is 0.130. The molecule has 0 aliphatic rings. The lowest BCUT2D eigenvalue weighted by Gasteiger charge is -2.10. The van der Waals surface area contributed by atoms with Gasteiger partial charge in [0, 0.05) is 11.3 Å². The first-order valence-corrected chi connectivity index (χ1v) is 9.27. The summed E-state index contributed by atoms with van der Waals surface area (Å²) in [5.41, 5.74) is 5.07.